The number of para-hydroxylation sites is 1. The Kier molecular flexibility index (Phi) is 4.70. The smallest absolute Gasteiger partial charge is 0.343 e. The summed E-state index contributed by atoms with van der Waals surface area (Å²) in [5, 5.41) is 3.50. The molecular formula is C22H23F3N2. The van der Waals surface area contributed by atoms with Gasteiger partial charge in [0.2, 0.25) is 0 Å². The maximum Gasteiger partial charge on any atom is 0.416 e. The SMILES string of the molecule is FC(F)(F)c1cccc(CN=C2Nc3ccccc3CC23CCCCC3)c1. The maximum absolute atomic E-state index is 13.0. The topological polar surface area (TPSA) is 24.4 Å². The van der Waals surface area contributed by atoms with E-state index in [1.165, 1.54) is 37.0 Å². The third-order valence-electron chi connectivity index (χ3n) is 5.79. The summed E-state index contributed by atoms with van der Waals surface area (Å²) in [6.45, 7) is 0.260. The Morgan fingerprint density at radius 2 is 1.74 bits per heavy atom. The molecule has 142 valence electrons. The van der Waals surface area contributed by atoms with Gasteiger partial charge in [-0.25, -0.2) is 0 Å². The van der Waals surface area contributed by atoms with Gasteiger partial charge in [0, 0.05) is 11.1 Å². The third kappa shape index (κ3) is 3.73. The van der Waals surface area contributed by atoms with Crippen molar-refractivity contribution in [1.29, 1.82) is 0 Å². The first kappa shape index (κ1) is 18.1. The van der Waals surface area contributed by atoms with Crippen molar-refractivity contribution in [3.63, 3.8) is 0 Å². The molecule has 4 rings (SSSR count). The minimum Gasteiger partial charge on any atom is -0.343 e. The summed E-state index contributed by atoms with van der Waals surface area (Å²) in [6.07, 6.45) is 2.38. The van der Waals surface area contributed by atoms with Gasteiger partial charge in [0.05, 0.1) is 12.1 Å². The van der Waals surface area contributed by atoms with Crippen molar-refractivity contribution in [2.45, 2.75) is 51.2 Å². The molecule has 2 nitrogen and oxygen atoms in total. The number of nitrogens with zero attached hydrogens (tertiary/aromatic N) is 1. The molecule has 1 spiro atoms. The van der Waals surface area contributed by atoms with Crippen molar-refractivity contribution in [2.75, 3.05) is 5.32 Å². The van der Waals surface area contributed by atoms with Crippen molar-refractivity contribution in [3.8, 4) is 0 Å². The minimum absolute atomic E-state index is 0.00571. The van der Waals surface area contributed by atoms with E-state index in [1.807, 2.05) is 12.1 Å². The summed E-state index contributed by atoms with van der Waals surface area (Å²) in [4.78, 5) is 4.79. The zero-order chi connectivity index (χ0) is 18.9. The van der Waals surface area contributed by atoms with E-state index in [2.05, 4.69) is 17.4 Å². The molecule has 2 aromatic rings. The van der Waals surface area contributed by atoms with Gasteiger partial charge in [-0.05, 0) is 48.6 Å². The molecule has 0 saturated heterocycles. The first-order valence-electron chi connectivity index (χ1n) is 9.52. The fourth-order valence-corrected chi connectivity index (χ4v) is 4.37. The number of aliphatic imine (C=N–C) groups is 1. The van der Waals surface area contributed by atoms with Crippen molar-refractivity contribution in [1.82, 2.24) is 0 Å². The molecule has 1 saturated carbocycles. The molecule has 0 atom stereocenters. The maximum atomic E-state index is 13.0. The quantitative estimate of drug-likeness (QED) is 0.665. The lowest BCUT2D eigenvalue weighted by molar-refractivity contribution is -0.137. The number of hydrogen-bond donors (Lipinski definition) is 1. The third-order valence-corrected chi connectivity index (χ3v) is 5.79. The molecule has 1 aliphatic heterocycles. The lowest BCUT2D eigenvalue weighted by Crippen LogP contribution is -2.43. The number of hydrogen-bond acceptors (Lipinski definition) is 1. The van der Waals surface area contributed by atoms with Gasteiger partial charge in [0.1, 0.15) is 5.84 Å². The molecule has 5 heteroatoms. The average molecular weight is 372 g/mol. The highest BCUT2D eigenvalue weighted by Gasteiger charge is 2.40. The average Bonchev–Trinajstić information content (AvgIpc) is 2.66. The zero-order valence-corrected chi connectivity index (χ0v) is 15.1. The van der Waals surface area contributed by atoms with Gasteiger partial charge in [-0.3, -0.25) is 4.99 Å². The first-order valence-corrected chi connectivity index (χ1v) is 9.52. The molecule has 1 fully saturated rings. The van der Waals surface area contributed by atoms with Gasteiger partial charge >= 0.3 is 6.18 Å². The Balaban J connectivity index is 1.64. The summed E-state index contributed by atoms with van der Waals surface area (Å²) in [6, 6.07) is 13.7. The summed E-state index contributed by atoms with van der Waals surface area (Å²) < 4.78 is 38.9. The number of anilines is 1. The second-order valence-electron chi connectivity index (χ2n) is 7.66. The van der Waals surface area contributed by atoms with E-state index in [4.69, 9.17) is 4.99 Å². The second-order valence-corrected chi connectivity index (χ2v) is 7.66. The predicted molar refractivity (Wildman–Crippen MR) is 102 cm³/mol. The second kappa shape index (κ2) is 7.02. The lowest BCUT2D eigenvalue weighted by Gasteiger charge is -2.42. The van der Waals surface area contributed by atoms with Crippen molar-refractivity contribution in [2.24, 2.45) is 10.4 Å². The Bertz CT molecular complexity index is 849. The minimum atomic E-state index is -4.32. The summed E-state index contributed by atoms with van der Waals surface area (Å²) in [5.41, 5.74) is 2.33. The monoisotopic (exact) mass is 372 g/mol. The van der Waals surface area contributed by atoms with Gasteiger partial charge < -0.3 is 5.32 Å². The highest BCUT2D eigenvalue weighted by molar-refractivity contribution is 6.02. The number of rotatable bonds is 2. The van der Waals surface area contributed by atoms with Crippen LogP contribution in [0.2, 0.25) is 0 Å². The van der Waals surface area contributed by atoms with Crippen molar-refractivity contribution in [3.05, 3.63) is 65.2 Å². The lowest BCUT2D eigenvalue weighted by atomic mass is 9.67. The van der Waals surface area contributed by atoms with Gasteiger partial charge in [0.25, 0.3) is 0 Å². The summed E-state index contributed by atoms with van der Waals surface area (Å²) in [7, 11) is 0. The molecule has 1 aliphatic carbocycles. The highest BCUT2D eigenvalue weighted by atomic mass is 19.4. The van der Waals surface area contributed by atoms with Gasteiger partial charge in [-0.1, -0.05) is 49.6 Å². The van der Waals surface area contributed by atoms with Crippen LogP contribution in [0.25, 0.3) is 0 Å². The molecule has 2 aromatic carbocycles. The van der Waals surface area contributed by atoms with Crippen LogP contribution in [0, 0.1) is 5.41 Å². The summed E-state index contributed by atoms with van der Waals surface area (Å²) >= 11 is 0. The van der Waals surface area contributed by atoms with Gasteiger partial charge in [0.15, 0.2) is 0 Å². The number of nitrogens with one attached hydrogen (secondary N) is 1. The molecule has 1 N–H and O–H groups in total. The van der Waals surface area contributed by atoms with Crippen LogP contribution in [0.15, 0.2) is 53.5 Å². The fourth-order valence-electron chi connectivity index (χ4n) is 4.37. The van der Waals surface area contributed by atoms with Gasteiger partial charge in [-0.2, -0.15) is 13.2 Å². The van der Waals surface area contributed by atoms with E-state index in [0.717, 1.165) is 36.9 Å². The number of fused-ring (bicyclic) bond motifs is 1. The molecule has 2 aliphatic rings. The number of alkyl halides is 3. The molecule has 0 aromatic heterocycles. The van der Waals surface area contributed by atoms with E-state index in [-0.39, 0.29) is 12.0 Å². The fraction of sp³-hybridized carbons (Fsp3) is 0.409. The van der Waals surface area contributed by atoms with Crippen LogP contribution in [0.1, 0.15) is 48.8 Å². The molecule has 27 heavy (non-hydrogen) atoms. The van der Waals surface area contributed by atoms with Crippen LogP contribution in [0.3, 0.4) is 0 Å². The summed E-state index contributed by atoms with van der Waals surface area (Å²) in [5.74, 6) is 0.943. The standard InChI is InChI=1S/C22H23F3N2/c23-22(24,25)18-9-6-7-16(13-18)15-26-20-21(11-4-1-5-12-21)14-17-8-2-3-10-19(17)27-20/h2-3,6-10,13H,1,4-5,11-12,14-15H2,(H,26,27). The Labute approximate surface area is 157 Å². The molecule has 0 amide bonds. The van der Waals surface area contributed by atoms with Crippen molar-refractivity contribution < 1.29 is 13.2 Å². The molecule has 0 unspecified atom stereocenters. The van der Waals surface area contributed by atoms with E-state index in [1.54, 1.807) is 6.07 Å². The number of benzene rings is 2. The number of amidine groups is 1. The molecular weight excluding hydrogens is 349 g/mol. The van der Waals surface area contributed by atoms with E-state index < -0.39 is 11.7 Å². The van der Waals surface area contributed by atoms with Crippen LogP contribution in [0.5, 0.6) is 0 Å². The van der Waals surface area contributed by atoms with E-state index in [9.17, 15) is 13.2 Å². The van der Waals surface area contributed by atoms with Crippen LogP contribution in [-0.2, 0) is 19.1 Å². The number of halogens is 3. The Morgan fingerprint density at radius 1 is 0.963 bits per heavy atom. The van der Waals surface area contributed by atoms with Crippen LogP contribution < -0.4 is 5.32 Å². The molecule has 0 radical (unpaired) electrons. The van der Waals surface area contributed by atoms with Gasteiger partial charge in [-0.15, -0.1) is 0 Å². The van der Waals surface area contributed by atoms with Crippen LogP contribution in [-0.4, -0.2) is 5.84 Å². The Hall–Kier alpha value is -2.30. The van der Waals surface area contributed by atoms with Crippen LogP contribution >= 0.6 is 0 Å². The highest BCUT2D eigenvalue weighted by Crippen LogP contribution is 2.45. The van der Waals surface area contributed by atoms with Crippen molar-refractivity contribution >= 4 is 11.5 Å². The zero-order valence-electron chi connectivity index (χ0n) is 15.1. The Morgan fingerprint density at radius 3 is 2.52 bits per heavy atom. The normalized spacial score (nSPS) is 20.3. The van der Waals surface area contributed by atoms with Crippen LogP contribution in [0.4, 0.5) is 18.9 Å². The molecule has 1 heterocycles. The van der Waals surface area contributed by atoms with E-state index in [0.29, 0.717) is 5.56 Å². The predicted octanol–water partition coefficient (Wildman–Crippen LogP) is 6.22. The first-order chi connectivity index (χ1) is 13.0. The van der Waals surface area contributed by atoms with E-state index >= 15 is 0 Å². The molecule has 0 bridgehead atoms. The largest absolute Gasteiger partial charge is 0.416 e.